The first-order valence-corrected chi connectivity index (χ1v) is 9.55. The topological polar surface area (TPSA) is 63.7 Å². The van der Waals surface area contributed by atoms with Gasteiger partial charge in [-0.2, -0.15) is 0 Å². The second kappa shape index (κ2) is 8.33. The lowest BCUT2D eigenvalue weighted by Crippen LogP contribution is -2.27. The van der Waals surface area contributed by atoms with Crippen molar-refractivity contribution >= 4 is 46.5 Å². The van der Waals surface area contributed by atoms with E-state index < -0.39 is 11.9 Å². The fourth-order valence-corrected chi connectivity index (χ4v) is 3.45. The number of Topliss-reactive ketones (excluding diaryl/α,β-unsaturated/α-hetero) is 1. The molecule has 1 heterocycles. The molecule has 1 aliphatic heterocycles. The fraction of sp³-hybridized carbons (Fsp3) is 0.286. The van der Waals surface area contributed by atoms with Crippen LogP contribution in [0.15, 0.2) is 36.4 Å². The van der Waals surface area contributed by atoms with Crippen molar-refractivity contribution in [2.45, 2.75) is 20.3 Å². The number of rotatable bonds is 5. The van der Waals surface area contributed by atoms with Crippen molar-refractivity contribution in [3.05, 3.63) is 63.1 Å². The molecule has 7 heteroatoms. The summed E-state index contributed by atoms with van der Waals surface area (Å²) < 4.78 is 5.17. The van der Waals surface area contributed by atoms with Gasteiger partial charge in [-0.05, 0) is 43.2 Å². The average molecular weight is 420 g/mol. The van der Waals surface area contributed by atoms with Crippen molar-refractivity contribution in [2.24, 2.45) is 5.92 Å². The van der Waals surface area contributed by atoms with Crippen molar-refractivity contribution < 1.29 is 19.1 Å². The third-order valence-electron chi connectivity index (χ3n) is 4.85. The summed E-state index contributed by atoms with van der Waals surface area (Å²) in [5, 5.41) is 0.591. The molecule has 1 fully saturated rings. The number of nitrogens with zero attached hydrogens (tertiary/aromatic N) is 1. The first kappa shape index (κ1) is 20.4. The third kappa shape index (κ3) is 4.21. The Morgan fingerprint density at radius 3 is 2.61 bits per heavy atom. The molecule has 0 unspecified atom stereocenters. The van der Waals surface area contributed by atoms with Crippen LogP contribution in [0.2, 0.25) is 10.0 Å². The quantitative estimate of drug-likeness (QED) is 0.532. The van der Waals surface area contributed by atoms with Crippen LogP contribution < -0.4 is 4.90 Å². The molecule has 2 aromatic rings. The van der Waals surface area contributed by atoms with E-state index in [4.69, 9.17) is 27.9 Å². The van der Waals surface area contributed by atoms with E-state index in [2.05, 4.69) is 0 Å². The highest BCUT2D eigenvalue weighted by molar-refractivity contribution is 6.44. The van der Waals surface area contributed by atoms with Crippen LogP contribution in [0.1, 0.15) is 27.9 Å². The Bertz CT molecular complexity index is 957. The number of benzene rings is 2. The van der Waals surface area contributed by atoms with Gasteiger partial charge in [-0.3, -0.25) is 14.4 Å². The Kier molecular flexibility index (Phi) is 6.06. The summed E-state index contributed by atoms with van der Waals surface area (Å²) in [6, 6.07) is 10.3. The number of anilines is 1. The maximum atomic E-state index is 12.4. The van der Waals surface area contributed by atoms with E-state index in [0.717, 1.165) is 11.1 Å². The Morgan fingerprint density at radius 1 is 1.14 bits per heavy atom. The van der Waals surface area contributed by atoms with Gasteiger partial charge in [-0.15, -0.1) is 0 Å². The smallest absolute Gasteiger partial charge is 0.311 e. The van der Waals surface area contributed by atoms with Crippen LogP contribution in [-0.4, -0.2) is 30.8 Å². The molecule has 0 radical (unpaired) electrons. The Labute approximate surface area is 173 Å². The number of carbonyl (C=O) groups excluding carboxylic acids is 3. The van der Waals surface area contributed by atoms with Gasteiger partial charge in [0.1, 0.15) is 0 Å². The second-order valence-electron chi connectivity index (χ2n) is 6.81. The Balaban J connectivity index is 1.62. The minimum atomic E-state index is -0.657. The fourth-order valence-electron chi connectivity index (χ4n) is 3.05. The summed E-state index contributed by atoms with van der Waals surface area (Å²) in [5.41, 5.74) is 3.02. The van der Waals surface area contributed by atoms with Crippen LogP contribution in [0.25, 0.3) is 0 Å². The standard InChI is InChI=1S/C21H19Cl2NO4/c1-12-6-7-14(8-13(12)2)18(25)11-28-21(27)15-9-19(26)24(10-15)17-5-3-4-16(22)20(17)23/h3-8,15H,9-11H2,1-2H3/t15-/m1/s1. The van der Waals surface area contributed by atoms with Crippen LogP contribution >= 0.6 is 23.2 Å². The molecular weight excluding hydrogens is 401 g/mol. The minimum absolute atomic E-state index is 0.000490. The summed E-state index contributed by atoms with van der Waals surface area (Å²) in [6.07, 6.45) is -0.000490. The van der Waals surface area contributed by atoms with Gasteiger partial charge in [-0.25, -0.2) is 0 Å². The van der Waals surface area contributed by atoms with Crippen molar-refractivity contribution in [2.75, 3.05) is 18.1 Å². The van der Waals surface area contributed by atoms with Crippen LogP contribution in [-0.2, 0) is 14.3 Å². The zero-order valence-corrected chi connectivity index (χ0v) is 17.0. The first-order chi connectivity index (χ1) is 13.3. The maximum absolute atomic E-state index is 12.4. The molecule has 1 atom stereocenters. The predicted octanol–water partition coefficient (Wildman–Crippen LogP) is 4.39. The molecule has 1 aliphatic rings. The zero-order chi connectivity index (χ0) is 20.4. The molecule has 0 saturated carbocycles. The SMILES string of the molecule is Cc1ccc(C(=O)COC(=O)[C@@H]2CC(=O)N(c3cccc(Cl)c3Cl)C2)cc1C. The molecule has 28 heavy (non-hydrogen) atoms. The summed E-state index contributed by atoms with van der Waals surface area (Å²) >= 11 is 12.2. The molecule has 0 aliphatic carbocycles. The highest BCUT2D eigenvalue weighted by atomic mass is 35.5. The number of carbonyl (C=O) groups is 3. The number of ketones is 1. The van der Waals surface area contributed by atoms with Crippen molar-refractivity contribution in [1.29, 1.82) is 0 Å². The van der Waals surface area contributed by atoms with Crippen LogP contribution in [0, 0.1) is 19.8 Å². The average Bonchev–Trinajstić information content (AvgIpc) is 3.05. The van der Waals surface area contributed by atoms with Gasteiger partial charge >= 0.3 is 5.97 Å². The predicted molar refractivity (Wildman–Crippen MR) is 108 cm³/mol. The van der Waals surface area contributed by atoms with E-state index in [1.54, 1.807) is 30.3 Å². The van der Waals surface area contributed by atoms with Crippen LogP contribution in [0.5, 0.6) is 0 Å². The minimum Gasteiger partial charge on any atom is -0.457 e. The monoisotopic (exact) mass is 419 g/mol. The molecule has 0 N–H and O–H groups in total. The van der Waals surface area contributed by atoms with E-state index in [9.17, 15) is 14.4 Å². The molecular formula is C21H19Cl2NO4. The van der Waals surface area contributed by atoms with Crippen LogP contribution in [0.3, 0.4) is 0 Å². The van der Waals surface area contributed by atoms with E-state index in [0.29, 0.717) is 16.3 Å². The van der Waals surface area contributed by atoms with Crippen molar-refractivity contribution in [1.82, 2.24) is 0 Å². The molecule has 3 rings (SSSR count). The lowest BCUT2D eigenvalue weighted by atomic mass is 10.0. The van der Waals surface area contributed by atoms with Crippen LogP contribution in [0.4, 0.5) is 5.69 Å². The second-order valence-corrected chi connectivity index (χ2v) is 7.59. The van der Waals surface area contributed by atoms with E-state index >= 15 is 0 Å². The van der Waals surface area contributed by atoms with Gasteiger partial charge in [0, 0.05) is 18.5 Å². The molecule has 0 aromatic heterocycles. The van der Waals surface area contributed by atoms with Gasteiger partial charge in [0.25, 0.3) is 0 Å². The normalized spacial score (nSPS) is 16.4. The van der Waals surface area contributed by atoms with Gasteiger partial charge in [0.2, 0.25) is 5.91 Å². The van der Waals surface area contributed by atoms with Crippen molar-refractivity contribution in [3.8, 4) is 0 Å². The number of ether oxygens (including phenoxy) is 1. The Hall–Kier alpha value is -2.37. The molecule has 1 saturated heterocycles. The lowest BCUT2D eigenvalue weighted by Gasteiger charge is -2.18. The molecule has 146 valence electrons. The molecule has 2 aromatic carbocycles. The van der Waals surface area contributed by atoms with Gasteiger partial charge in [-0.1, -0.05) is 41.4 Å². The summed E-state index contributed by atoms with van der Waals surface area (Å²) in [7, 11) is 0. The van der Waals surface area contributed by atoms with Gasteiger partial charge < -0.3 is 9.64 Å². The molecule has 5 nitrogen and oxygen atoms in total. The number of amides is 1. The molecule has 0 spiro atoms. The summed E-state index contributed by atoms with van der Waals surface area (Å²) in [5.74, 6) is -1.76. The highest BCUT2D eigenvalue weighted by Gasteiger charge is 2.37. The first-order valence-electron chi connectivity index (χ1n) is 8.79. The Morgan fingerprint density at radius 2 is 1.89 bits per heavy atom. The van der Waals surface area contributed by atoms with Gasteiger partial charge in [0.15, 0.2) is 12.4 Å². The maximum Gasteiger partial charge on any atom is 0.311 e. The molecule has 1 amide bonds. The molecule has 0 bridgehead atoms. The lowest BCUT2D eigenvalue weighted by molar-refractivity contribution is -0.147. The number of hydrogen-bond donors (Lipinski definition) is 0. The van der Waals surface area contributed by atoms with Crippen molar-refractivity contribution in [3.63, 3.8) is 0 Å². The highest BCUT2D eigenvalue weighted by Crippen LogP contribution is 2.35. The zero-order valence-electron chi connectivity index (χ0n) is 15.5. The third-order valence-corrected chi connectivity index (χ3v) is 5.66. The number of halogens is 2. The van der Waals surface area contributed by atoms with Gasteiger partial charge in [0.05, 0.1) is 21.7 Å². The van der Waals surface area contributed by atoms with E-state index in [1.165, 1.54) is 4.90 Å². The number of aryl methyl sites for hydroxylation is 2. The summed E-state index contributed by atoms with van der Waals surface area (Å²) in [4.78, 5) is 38.4. The number of esters is 1. The van der Waals surface area contributed by atoms with E-state index in [1.807, 2.05) is 19.9 Å². The van der Waals surface area contributed by atoms with E-state index in [-0.39, 0.29) is 36.3 Å². The largest absolute Gasteiger partial charge is 0.457 e. The number of hydrogen-bond acceptors (Lipinski definition) is 4. The summed E-state index contributed by atoms with van der Waals surface area (Å²) in [6.45, 7) is 3.65.